The van der Waals surface area contributed by atoms with Gasteiger partial charge < -0.3 is 15.3 Å². The molecule has 1 rings (SSSR count). The number of halogens is 1. The van der Waals surface area contributed by atoms with Crippen molar-refractivity contribution in [1.82, 2.24) is 4.90 Å². The fourth-order valence-corrected chi connectivity index (χ4v) is 2.53. The molecule has 2 N–H and O–H groups in total. The molecule has 0 heterocycles. The summed E-state index contributed by atoms with van der Waals surface area (Å²) in [7, 11) is 0. The standard InChI is InChI=1S/C14H21BrN2O2/c1-4-17(5-2)9-10(3)16-11-6-7-12(14(18)19)13(15)8-11/h6-8,10,16H,4-5,9H2,1-3H3,(H,18,19). The molecule has 0 amide bonds. The Balaban J connectivity index is 2.67. The van der Waals surface area contributed by atoms with Gasteiger partial charge in [-0.25, -0.2) is 4.79 Å². The number of anilines is 1. The lowest BCUT2D eigenvalue weighted by atomic mass is 10.2. The topological polar surface area (TPSA) is 52.6 Å². The Morgan fingerprint density at radius 1 is 1.42 bits per heavy atom. The Morgan fingerprint density at radius 3 is 2.53 bits per heavy atom. The molecule has 106 valence electrons. The van der Waals surface area contributed by atoms with Crippen LogP contribution in [0.3, 0.4) is 0 Å². The highest BCUT2D eigenvalue weighted by molar-refractivity contribution is 9.10. The maximum atomic E-state index is 10.9. The van der Waals surface area contributed by atoms with Crippen LogP contribution in [0.5, 0.6) is 0 Å². The van der Waals surface area contributed by atoms with Gasteiger partial charge in [0.2, 0.25) is 0 Å². The van der Waals surface area contributed by atoms with Gasteiger partial charge in [-0.1, -0.05) is 13.8 Å². The van der Waals surface area contributed by atoms with Gasteiger partial charge in [0.15, 0.2) is 0 Å². The maximum absolute atomic E-state index is 10.9. The van der Waals surface area contributed by atoms with Gasteiger partial charge in [0, 0.05) is 22.7 Å². The average molecular weight is 329 g/mol. The summed E-state index contributed by atoms with van der Waals surface area (Å²) in [6.45, 7) is 9.44. The third-order valence-electron chi connectivity index (χ3n) is 3.04. The molecule has 0 saturated heterocycles. The van der Waals surface area contributed by atoms with E-state index in [0.717, 1.165) is 25.3 Å². The molecule has 1 atom stereocenters. The second-order valence-electron chi connectivity index (χ2n) is 4.53. The van der Waals surface area contributed by atoms with Crippen molar-refractivity contribution in [3.8, 4) is 0 Å². The second-order valence-corrected chi connectivity index (χ2v) is 5.39. The third kappa shape index (κ3) is 4.84. The largest absolute Gasteiger partial charge is 0.478 e. The normalized spacial score (nSPS) is 12.5. The average Bonchev–Trinajstić information content (AvgIpc) is 2.35. The van der Waals surface area contributed by atoms with Crippen LogP contribution in [0.4, 0.5) is 5.69 Å². The summed E-state index contributed by atoms with van der Waals surface area (Å²) in [5, 5.41) is 12.3. The first-order chi connectivity index (χ1) is 8.97. The molecule has 0 aliphatic rings. The summed E-state index contributed by atoms with van der Waals surface area (Å²) in [4.78, 5) is 13.3. The summed E-state index contributed by atoms with van der Waals surface area (Å²) in [5.41, 5.74) is 1.21. The first-order valence-corrected chi connectivity index (χ1v) is 7.28. The first-order valence-electron chi connectivity index (χ1n) is 6.49. The fourth-order valence-electron chi connectivity index (χ4n) is 1.98. The number of rotatable bonds is 7. The Morgan fingerprint density at radius 2 is 2.05 bits per heavy atom. The van der Waals surface area contributed by atoms with Crippen molar-refractivity contribution in [3.05, 3.63) is 28.2 Å². The van der Waals surface area contributed by atoms with Crippen LogP contribution < -0.4 is 5.32 Å². The number of nitrogens with zero attached hydrogens (tertiary/aromatic N) is 1. The number of benzene rings is 1. The van der Waals surface area contributed by atoms with Crippen LogP contribution in [0.25, 0.3) is 0 Å². The lowest BCUT2D eigenvalue weighted by molar-refractivity contribution is 0.0696. The Bertz CT molecular complexity index is 433. The van der Waals surface area contributed by atoms with Gasteiger partial charge in [-0.15, -0.1) is 0 Å². The van der Waals surface area contributed by atoms with E-state index >= 15 is 0 Å². The highest BCUT2D eigenvalue weighted by atomic mass is 79.9. The third-order valence-corrected chi connectivity index (χ3v) is 3.70. The summed E-state index contributed by atoms with van der Waals surface area (Å²) < 4.78 is 0.597. The van der Waals surface area contributed by atoms with E-state index in [1.54, 1.807) is 12.1 Å². The number of likely N-dealkylation sites (N-methyl/N-ethyl adjacent to an activating group) is 1. The van der Waals surface area contributed by atoms with Crippen LogP contribution in [0, 0.1) is 0 Å². The van der Waals surface area contributed by atoms with Crippen LogP contribution in [-0.2, 0) is 0 Å². The monoisotopic (exact) mass is 328 g/mol. The number of carboxylic acid groups (broad SMARTS) is 1. The quantitative estimate of drug-likeness (QED) is 0.806. The lowest BCUT2D eigenvalue weighted by Gasteiger charge is -2.24. The van der Waals surface area contributed by atoms with Crippen LogP contribution in [-0.4, -0.2) is 41.7 Å². The van der Waals surface area contributed by atoms with Crippen LogP contribution in [0.2, 0.25) is 0 Å². The molecule has 0 spiro atoms. The molecule has 4 nitrogen and oxygen atoms in total. The fraction of sp³-hybridized carbons (Fsp3) is 0.500. The van der Waals surface area contributed by atoms with Crippen molar-refractivity contribution in [2.24, 2.45) is 0 Å². The zero-order chi connectivity index (χ0) is 14.4. The molecule has 0 saturated carbocycles. The molecule has 5 heteroatoms. The minimum atomic E-state index is -0.922. The molecule has 0 radical (unpaired) electrons. The van der Waals surface area contributed by atoms with E-state index < -0.39 is 5.97 Å². The molecule has 1 aromatic carbocycles. The van der Waals surface area contributed by atoms with Crippen molar-refractivity contribution in [3.63, 3.8) is 0 Å². The van der Waals surface area contributed by atoms with Crippen molar-refractivity contribution in [2.75, 3.05) is 25.0 Å². The molecule has 0 bridgehead atoms. The van der Waals surface area contributed by atoms with E-state index in [4.69, 9.17) is 5.11 Å². The smallest absolute Gasteiger partial charge is 0.336 e. The molecule has 0 aromatic heterocycles. The number of nitrogens with one attached hydrogen (secondary N) is 1. The highest BCUT2D eigenvalue weighted by Gasteiger charge is 2.11. The van der Waals surface area contributed by atoms with Crippen LogP contribution in [0.1, 0.15) is 31.1 Å². The molecule has 19 heavy (non-hydrogen) atoms. The number of aromatic carboxylic acids is 1. The second kappa shape index (κ2) is 7.50. The lowest BCUT2D eigenvalue weighted by Crippen LogP contribution is -2.34. The van der Waals surface area contributed by atoms with Crippen LogP contribution >= 0.6 is 15.9 Å². The summed E-state index contributed by atoms with van der Waals surface area (Å²) >= 11 is 3.28. The van der Waals surface area contributed by atoms with E-state index in [9.17, 15) is 4.79 Å². The maximum Gasteiger partial charge on any atom is 0.336 e. The van der Waals surface area contributed by atoms with E-state index in [0.29, 0.717) is 10.5 Å². The summed E-state index contributed by atoms with van der Waals surface area (Å²) in [6, 6.07) is 5.52. The van der Waals surface area contributed by atoms with E-state index in [1.165, 1.54) is 0 Å². The first kappa shape index (κ1) is 16.0. The van der Waals surface area contributed by atoms with Gasteiger partial charge in [0.1, 0.15) is 0 Å². The minimum Gasteiger partial charge on any atom is -0.478 e. The highest BCUT2D eigenvalue weighted by Crippen LogP contribution is 2.22. The molecule has 1 unspecified atom stereocenters. The Labute approximate surface area is 122 Å². The van der Waals surface area contributed by atoms with E-state index in [2.05, 4.69) is 46.9 Å². The number of hydrogen-bond donors (Lipinski definition) is 2. The van der Waals surface area contributed by atoms with Gasteiger partial charge in [-0.3, -0.25) is 0 Å². The molecule has 0 aliphatic heterocycles. The Hall–Kier alpha value is -1.07. The predicted molar refractivity (Wildman–Crippen MR) is 82.0 cm³/mol. The summed E-state index contributed by atoms with van der Waals surface area (Å²) in [6.07, 6.45) is 0. The van der Waals surface area contributed by atoms with E-state index in [1.807, 2.05) is 6.07 Å². The zero-order valence-corrected chi connectivity index (χ0v) is 13.2. The molecule has 0 aliphatic carbocycles. The van der Waals surface area contributed by atoms with Gasteiger partial charge in [-0.05, 0) is 54.1 Å². The number of carbonyl (C=O) groups is 1. The van der Waals surface area contributed by atoms with Crippen molar-refractivity contribution < 1.29 is 9.90 Å². The molecular formula is C14H21BrN2O2. The number of hydrogen-bond acceptors (Lipinski definition) is 3. The van der Waals surface area contributed by atoms with Gasteiger partial charge in [-0.2, -0.15) is 0 Å². The Kier molecular flexibility index (Phi) is 6.31. The van der Waals surface area contributed by atoms with Crippen molar-refractivity contribution >= 4 is 27.6 Å². The summed E-state index contributed by atoms with van der Waals surface area (Å²) in [5.74, 6) is -0.922. The minimum absolute atomic E-state index is 0.280. The SMILES string of the molecule is CCN(CC)CC(C)Nc1ccc(C(=O)O)c(Br)c1. The zero-order valence-electron chi connectivity index (χ0n) is 11.6. The molecular weight excluding hydrogens is 308 g/mol. The number of carboxylic acids is 1. The predicted octanol–water partition coefficient (Wildman–Crippen LogP) is 3.29. The van der Waals surface area contributed by atoms with Gasteiger partial charge in [0.05, 0.1) is 5.56 Å². The van der Waals surface area contributed by atoms with Crippen molar-refractivity contribution in [2.45, 2.75) is 26.8 Å². The molecule has 1 aromatic rings. The van der Waals surface area contributed by atoms with Gasteiger partial charge >= 0.3 is 5.97 Å². The van der Waals surface area contributed by atoms with Crippen molar-refractivity contribution in [1.29, 1.82) is 0 Å². The van der Waals surface area contributed by atoms with Crippen LogP contribution in [0.15, 0.2) is 22.7 Å². The molecule has 0 fully saturated rings. The van der Waals surface area contributed by atoms with Gasteiger partial charge in [0.25, 0.3) is 0 Å². The van der Waals surface area contributed by atoms with E-state index in [-0.39, 0.29) is 5.56 Å².